The lowest BCUT2D eigenvalue weighted by Gasteiger charge is -2.18. The average Bonchev–Trinajstić information content (AvgIpc) is 2.33. The van der Waals surface area contributed by atoms with Crippen LogP contribution in [0.25, 0.3) is 0 Å². The first-order valence-electron chi connectivity index (χ1n) is 5.94. The molecule has 0 rings (SSSR count). The van der Waals surface area contributed by atoms with Gasteiger partial charge in [0.05, 0.1) is 6.04 Å². The zero-order valence-electron chi connectivity index (χ0n) is 11.3. The van der Waals surface area contributed by atoms with Crippen molar-refractivity contribution in [1.82, 2.24) is 5.32 Å². The van der Waals surface area contributed by atoms with Gasteiger partial charge in [-0.05, 0) is 20.3 Å². The van der Waals surface area contributed by atoms with Gasteiger partial charge < -0.3 is 26.6 Å². The Morgan fingerprint density at radius 3 is 2.05 bits per heavy atom. The highest BCUT2D eigenvalue weighted by Gasteiger charge is 2.27. The van der Waals surface area contributed by atoms with Crippen LogP contribution in [-0.4, -0.2) is 47.0 Å². The van der Waals surface area contributed by atoms with Gasteiger partial charge in [0.2, 0.25) is 5.91 Å². The minimum Gasteiger partial charge on any atom is -0.481 e. The molecular weight excluding hydrogens is 270 g/mol. The van der Waals surface area contributed by atoms with Gasteiger partial charge in [0.15, 0.2) is 0 Å². The molecular formula is C11H19N3O6. The number of hydrogen-bond donors (Lipinski definition) is 4. The molecule has 0 fully saturated rings. The molecule has 0 aromatic rings. The molecule has 0 aromatic heterocycles. The molecule has 1 amide bonds. The molecule has 6 N–H and O–H groups in total. The molecule has 0 saturated heterocycles. The quantitative estimate of drug-likeness (QED) is 0.312. The second-order valence-electron chi connectivity index (χ2n) is 4.31. The predicted octanol–water partition coefficient (Wildman–Crippen LogP) is -1.90. The number of carbonyl (C=O) groups is 4. The van der Waals surface area contributed by atoms with Crippen LogP contribution in [0.1, 0.15) is 26.7 Å². The highest BCUT2D eigenvalue weighted by Crippen LogP contribution is 2.02. The van der Waals surface area contributed by atoms with Crippen molar-refractivity contribution < 1.29 is 29.0 Å². The van der Waals surface area contributed by atoms with Crippen LogP contribution in [0.2, 0.25) is 0 Å². The summed E-state index contributed by atoms with van der Waals surface area (Å²) in [6.07, 6.45) is -0.607. The van der Waals surface area contributed by atoms with E-state index in [1.807, 2.05) is 0 Å². The van der Waals surface area contributed by atoms with Gasteiger partial charge in [0.1, 0.15) is 12.1 Å². The molecule has 3 atom stereocenters. The van der Waals surface area contributed by atoms with Crippen LogP contribution >= 0.6 is 0 Å². The number of ether oxygens (including phenoxy) is 1. The fourth-order valence-corrected chi connectivity index (χ4v) is 1.08. The van der Waals surface area contributed by atoms with Crippen LogP contribution < -0.4 is 16.8 Å². The van der Waals surface area contributed by atoms with E-state index in [9.17, 15) is 19.2 Å². The largest absolute Gasteiger partial charge is 0.481 e. The minimum atomic E-state index is -1.27. The Labute approximate surface area is 115 Å². The Hall–Kier alpha value is -2.00. The molecule has 0 saturated carbocycles. The molecule has 9 heteroatoms. The summed E-state index contributed by atoms with van der Waals surface area (Å²) in [5, 5.41) is 10.8. The SMILES string of the molecule is C[C@H](N)C(=O)N[C@@H](CCC(=O)O)C(=O)OC(=O)[C@H](C)N. The Morgan fingerprint density at radius 1 is 1.10 bits per heavy atom. The third-order valence-corrected chi connectivity index (χ3v) is 2.23. The molecule has 20 heavy (non-hydrogen) atoms. The van der Waals surface area contributed by atoms with Gasteiger partial charge in [-0.3, -0.25) is 9.59 Å². The number of rotatable bonds is 7. The van der Waals surface area contributed by atoms with Crippen molar-refractivity contribution in [3.8, 4) is 0 Å². The van der Waals surface area contributed by atoms with E-state index >= 15 is 0 Å². The molecule has 0 unspecified atom stereocenters. The highest BCUT2D eigenvalue weighted by atomic mass is 16.6. The van der Waals surface area contributed by atoms with Gasteiger partial charge in [0, 0.05) is 6.42 Å². The molecule has 0 radical (unpaired) electrons. The van der Waals surface area contributed by atoms with Crippen molar-refractivity contribution in [2.24, 2.45) is 11.5 Å². The number of carboxylic acids is 1. The van der Waals surface area contributed by atoms with Gasteiger partial charge in [-0.2, -0.15) is 0 Å². The summed E-state index contributed by atoms with van der Waals surface area (Å²) in [6, 6.07) is -3.17. The van der Waals surface area contributed by atoms with E-state index in [0.717, 1.165) is 0 Å². The number of aliphatic carboxylic acids is 1. The van der Waals surface area contributed by atoms with Gasteiger partial charge in [-0.25, -0.2) is 9.59 Å². The number of nitrogens with two attached hydrogens (primary N) is 2. The Balaban J connectivity index is 4.73. The lowest BCUT2D eigenvalue weighted by atomic mass is 10.1. The van der Waals surface area contributed by atoms with Crippen molar-refractivity contribution >= 4 is 23.8 Å². The van der Waals surface area contributed by atoms with Crippen LogP contribution in [0.3, 0.4) is 0 Å². The third kappa shape index (κ3) is 6.81. The lowest BCUT2D eigenvalue weighted by molar-refractivity contribution is -0.162. The summed E-state index contributed by atoms with van der Waals surface area (Å²) in [7, 11) is 0. The van der Waals surface area contributed by atoms with Crippen molar-refractivity contribution in [2.45, 2.75) is 44.8 Å². The van der Waals surface area contributed by atoms with Gasteiger partial charge in [-0.1, -0.05) is 0 Å². The maximum atomic E-state index is 11.7. The van der Waals surface area contributed by atoms with E-state index in [2.05, 4.69) is 10.1 Å². The predicted molar refractivity (Wildman–Crippen MR) is 67.2 cm³/mol. The molecule has 9 nitrogen and oxygen atoms in total. The lowest BCUT2D eigenvalue weighted by Crippen LogP contribution is -2.49. The number of amides is 1. The molecule has 0 aliphatic carbocycles. The van der Waals surface area contributed by atoms with Crippen LogP contribution in [0.5, 0.6) is 0 Å². The van der Waals surface area contributed by atoms with Gasteiger partial charge >= 0.3 is 17.9 Å². The van der Waals surface area contributed by atoms with Crippen molar-refractivity contribution in [2.75, 3.05) is 0 Å². The number of esters is 2. The number of nitrogens with one attached hydrogen (secondary N) is 1. The number of carboxylic acid groups (broad SMARTS) is 1. The van der Waals surface area contributed by atoms with Crippen molar-refractivity contribution in [1.29, 1.82) is 0 Å². The average molecular weight is 289 g/mol. The fraction of sp³-hybridized carbons (Fsp3) is 0.636. The normalized spacial score (nSPS) is 14.8. The first kappa shape index (κ1) is 18.0. The zero-order chi connectivity index (χ0) is 15.9. The standard InChI is InChI=1S/C11H19N3O6/c1-5(12)9(17)14-7(3-4-8(15)16)11(19)20-10(18)6(2)13/h5-7H,3-4,12-13H2,1-2H3,(H,14,17)(H,15,16)/t5-,6-,7-/m0/s1. The maximum absolute atomic E-state index is 11.7. The summed E-state index contributed by atoms with van der Waals surface area (Å²) in [5.74, 6) is -3.85. The van der Waals surface area contributed by atoms with E-state index < -0.39 is 41.9 Å². The minimum absolute atomic E-state index is 0.223. The second-order valence-corrected chi connectivity index (χ2v) is 4.31. The van der Waals surface area contributed by atoms with E-state index in [0.29, 0.717) is 0 Å². The molecule has 0 aliphatic rings. The van der Waals surface area contributed by atoms with E-state index in [1.165, 1.54) is 13.8 Å². The first-order valence-corrected chi connectivity index (χ1v) is 5.94. The summed E-state index contributed by atoms with van der Waals surface area (Å²) in [5.41, 5.74) is 10.6. The van der Waals surface area contributed by atoms with Crippen molar-refractivity contribution in [3.63, 3.8) is 0 Å². The molecule has 0 spiro atoms. The zero-order valence-corrected chi connectivity index (χ0v) is 11.3. The Kier molecular flexibility index (Phi) is 7.40. The summed E-state index contributed by atoms with van der Waals surface area (Å²) < 4.78 is 4.44. The third-order valence-electron chi connectivity index (χ3n) is 2.23. The van der Waals surface area contributed by atoms with E-state index in [4.69, 9.17) is 16.6 Å². The van der Waals surface area contributed by atoms with Crippen LogP contribution in [0.4, 0.5) is 0 Å². The fourth-order valence-electron chi connectivity index (χ4n) is 1.08. The molecule has 0 heterocycles. The highest BCUT2D eigenvalue weighted by molar-refractivity contribution is 5.93. The molecule has 0 aliphatic heterocycles. The molecule has 0 bridgehead atoms. The number of hydrogen-bond acceptors (Lipinski definition) is 7. The second kappa shape index (κ2) is 8.23. The summed E-state index contributed by atoms with van der Waals surface area (Å²) >= 11 is 0. The van der Waals surface area contributed by atoms with E-state index in [1.54, 1.807) is 0 Å². The molecule has 0 aromatic carbocycles. The number of carbonyl (C=O) groups excluding carboxylic acids is 3. The molecule has 114 valence electrons. The maximum Gasteiger partial charge on any atom is 0.336 e. The first-order chi connectivity index (χ1) is 9.15. The van der Waals surface area contributed by atoms with Crippen LogP contribution in [0.15, 0.2) is 0 Å². The Morgan fingerprint density at radius 2 is 1.65 bits per heavy atom. The smallest absolute Gasteiger partial charge is 0.336 e. The van der Waals surface area contributed by atoms with E-state index in [-0.39, 0.29) is 12.8 Å². The van der Waals surface area contributed by atoms with Gasteiger partial charge in [0.25, 0.3) is 0 Å². The monoisotopic (exact) mass is 289 g/mol. The summed E-state index contributed by atoms with van der Waals surface area (Å²) in [4.78, 5) is 44.8. The topological polar surface area (TPSA) is 162 Å². The van der Waals surface area contributed by atoms with Gasteiger partial charge in [-0.15, -0.1) is 0 Å². The van der Waals surface area contributed by atoms with Crippen LogP contribution in [-0.2, 0) is 23.9 Å². The Bertz CT molecular complexity index is 394. The van der Waals surface area contributed by atoms with Crippen molar-refractivity contribution in [3.05, 3.63) is 0 Å². The van der Waals surface area contributed by atoms with Crippen LogP contribution in [0, 0.1) is 0 Å². The summed E-state index contributed by atoms with van der Waals surface area (Å²) in [6.45, 7) is 2.71.